The third-order valence-corrected chi connectivity index (χ3v) is 4.07. The number of para-hydroxylation sites is 1. The Morgan fingerprint density at radius 3 is 2.89 bits per heavy atom. The largest absolute Gasteiger partial charge is 0.387 e. The first-order chi connectivity index (χ1) is 8.75. The van der Waals surface area contributed by atoms with Crippen molar-refractivity contribution in [1.29, 1.82) is 0 Å². The lowest BCUT2D eigenvalue weighted by Gasteiger charge is -2.06. The molecule has 2 heterocycles. The Bertz CT molecular complexity index is 658. The minimum absolute atomic E-state index is 0.469. The molecule has 0 fully saturated rings. The maximum atomic E-state index is 10.2. The second-order valence-electron chi connectivity index (χ2n) is 4.32. The van der Waals surface area contributed by atoms with Gasteiger partial charge in [0, 0.05) is 23.7 Å². The van der Waals surface area contributed by atoms with E-state index in [1.807, 2.05) is 47.4 Å². The van der Waals surface area contributed by atoms with Crippen LogP contribution in [0.15, 0.2) is 41.8 Å². The van der Waals surface area contributed by atoms with Gasteiger partial charge >= 0.3 is 0 Å². The molecule has 1 N–H and O–H groups in total. The van der Waals surface area contributed by atoms with Crippen molar-refractivity contribution in [3.8, 4) is 0 Å². The molecular weight excluding hydrogens is 244 g/mol. The zero-order valence-corrected chi connectivity index (χ0v) is 10.9. The van der Waals surface area contributed by atoms with E-state index in [1.165, 1.54) is 0 Å². The lowest BCUT2D eigenvalue weighted by molar-refractivity contribution is 0.181. The van der Waals surface area contributed by atoms with E-state index in [9.17, 15) is 5.11 Å². The molecular formula is C14H14N2OS. The van der Waals surface area contributed by atoms with Crippen LogP contribution in [-0.4, -0.2) is 14.9 Å². The Balaban J connectivity index is 1.96. The van der Waals surface area contributed by atoms with E-state index in [4.69, 9.17) is 0 Å². The average Bonchev–Trinajstić information content (AvgIpc) is 3.00. The van der Waals surface area contributed by atoms with Crippen molar-refractivity contribution in [1.82, 2.24) is 9.78 Å². The standard InChI is InChI=1S/C14H14N2OS/c1-16-12-6-3-2-5-10(12)11(15-16)9-13(17)14-7-4-8-18-14/h2-8,13,17H,9H2,1H3. The van der Waals surface area contributed by atoms with Crippen molar-refractivity contribution in [2.45, 2.75) is 12.5 Å². The Kier molecular flexibility index (Phi) is 2.89. The van der Waals surface area contributed by atoms with Crippen LogP contribution in [0.3, 0.4) is 0 Å². The van der Waals surface area contributed by atoms with Gasteiger partial charge in [-0.05, 0) is 17.5 Å². The Morgan fingerprint density at radius 1 is 1.28 bits per heavy atom. The number of aliphatic hydroxyl groups excluding tert-OH is 1. The van der Waals surface area contributed by atoms with Gasteiger partial charge in [-0.2, -0.15) is 5.10 Å². The Morgan fingerprint density at radius 2 is 2.11 bits per heavy atom. The second-order valence-corrected chi connectivity index (χ2v) is 5.30. The molecule has 3 aromatic rings. The normalized spacial score (nSPS) is 13.0. The smallest absolute Gasteiger partial charge is 0.0938 e. The molecule has 0 radical (unpaired) electrons. The highest BCUT2D eigenvalue weighted by Crippen LogP contribution is 2.25. The molecule has 0 spiro atoms. The predicted molar refractivity (Wildman–Crippen MR) is 73.7 cm³/mol. The first-order valence-electron chi connectivity index (χ1n) is 5.88. The quantitative estimate of drug-likeness (QED) is 0.784. The minimum Gasteiger partial charge on any atom is -0.387 e. The molecule has 0 aliphatic rings. The molecule has 1 atom stereocenters. The number of benzene rings is 1. The number of hydrogen-bond donors (Lipinski definition) is 1. The van der Waals surface area contributed by atoms with Gasteiger partial charge in [0.1, 0.15) is 0 Å². The van der Waals surface area contributed by atoms with E-state index in [0.29, 0.717) is 6.42 Å². The van der Waals surface area contributed by atoms with Crippen LogP contribution < -0.4 is 0 Å². The second kappa shape index (κ2) is 4.55. The molecule has 3 rings (SSSR count). The summed E-state index contributed by atoms with van der Waals surface area (Å²) in [4.78, 5) is 0.990. The fourth-order valence-corrected chi connectivity index (χ4v) is 2.92. The summed E-state index contributed by atoms with van der Waals surface area (Å²) >= 11 is 1.58. The number of rotatable bonds is 3. The zero-order chi connectivity index (χ0) is 12.5. The summed E-state index contributed by atoms with van der Waals surface area (Å²) in [5.41, 5.74) is 2.06. The summed E-state index contributed by atoms with van der Waals surface area (Å²) in [7, 11) is 1.93. The highest BCUT2D eigenvalue weighted by Gasteiger charge is 2.14. The number of fused-ring (bicyclic) bond motifs is 1. The summed E-state index contributed by atoms with van der Waals surface area (Å²) in [6.45, 7) is 0. The Hall–Kier alpha value is -1.65. The minimum atomic E-state index is -0.469. The molecule has 92 valence electrons. The van der Waals surface area contributed by atoms with Crippen LogP contribution >= 0.6 is 11.3 Å². The predicted octanol–water partition coefficient (Wildman–Crippen LogP) is 2.91. The van der Waals surface area contributed by atoms with E-state index in [2.05, 4.69) is 11.2 Å². The molecule has 3 nitrogen and oxygen atoms in total. The maximum Gasteiger partial charge on any atom is 0.0938 e. The van der Waals surface area contributed by atoms with Crippen molar-refractivity contribution in [3.63, 3.8) is 0 Å². The third-order valence-electron chi connectivity index (χ3n) is 3.09. The van der Waals surface area contributed by atoms with Crippen molar-refractivity contribution >= 4 is 22.2 Å². The number of aliphatic hydroxyl groups is 1. The van der Waals surface area contributed by atoms with E-state index in [-0.39, 0.29) is 0 Å². The highest BCUT2D eigenvalue weighted by atomic mass is 32.1. The van der Waals surface area contributed by atoms with Crippen LogP contribution in [0.5, 0.6) is 0 Å². The number of thiophene rings is 1. The highest BCUT2D eigenvalue weighted by molar-refractivity contribution is 7.10. The molecule has 0 saturated carbocycles. The van der Waals surface area contributed by atoms with Crippen LogP contribution in [0.25, 0.3) is 10.9 Å². The molecule has 0 aliphatic carbocycles. The van der Waals surface area contributed by atoms with Gasteiger partial charge in [0.25, 0.3) is 0 Å². The van der Waals surface area contributed by atoms with Gasteiger partial charge in [-0.3, -0.25) is 4.68 Å². The van der Waals surface area contributed by atoms with Crippen LogP contribution in [0.1, 0.15) is 16.7 Å². The number of aryl methyl sites for hydroxylation is 1. The van der Waals surface area contributed by atoms with Crippen molar-refractivity contribution in [2.75, 3.05) is 0 Å². The molecule has 1 aromatic carbocycles. The van der Waals surface area contributed by atoms with E-state index in [0.717, 1.165) is 21.5 Å². The molecule has 0 aliphatic heterocycles. The van der Waals surface area contributed by atoms with E-state index >= 15 is 0 Å². The Labute approximate surface area is 109 Å². The van der Waals surface area contributed by atoms with Crippen molar-refractivity contribution in [3.05, 3.63) is 52.3 Å². The fourth-order valence-electron chi connectivity index (χ4n) is 2.20. The van der Waals surface area contributed by atoms with Gasteiger partial charge in [0.15, 0.2) is 0 Å². The molecule has 2 aromatic heterocycles. The van der Waals surface area contributed by atoms with Gasteiger partial charge < -0.3 is 5.11 Å². The van der Waals surface area contributed by atoms with Crippen LogP contribution in [0.2, 0.25) is 0 Å². The van der Waals surface area contributed by atoms with Crippen LogP contribution in [0.4, 0.5) is 0 Å². The van der Waals surface area contributed by atoms with E-state index in [1.54, 1.807) is 11.3 Å². The van der Waals surface area contributed by atoms with E-state index < -0.39 is 6.10 Å². The third kappa shape index (κ3) is 1.94. The summed E-state index contributed by atoms with van der Waals surface area (Å²) in [5, 5.41) is 17.8. The van der Waals surface area contributed by atoms with Crippen LogP contribution in [-0.2, 0) is 13.5 Å². The summed E-state index contributed by atoms with van der Waals surface area (Å²) in [6.07, 6.45) is 0.0882. The lowest BCUT2D eigenvalue weighted by Crippen LogP contribution is -2.01. The molecule has 0 saturated heterocycles. The summed E-state index contributed by atoms with van der Waals surface area (Å²) in [5.74, 6) is 0. The van der Waals surface area contributed by atoms with Crippen molar-refractivity contribution in [2.24, 2.45) is 7.05 Å². The first kappa shape index (κ1) is 11.4. The van der Waals surface area contributed by atoms with Gasteiger partial charge in [-0.1, -0.05) is 24.3 Å². The maximum absolute atomic E-state index is 10.2. The molecule has 18 heavy (non-hydrogen) atoms. The number of aromatic nitrogens is 2. The van der Waals surface area contributed by atoms with Crippen LogP contribution in [0, 0.1) is 0 Å². The van der Waals surface area contributed by atoms with Gasteiger partial charge in [-0.25, -0.2) is 0 Å². The average molecular weight is 258 g/mol. The van der Waals surface area contributed by atoms with Gasteiger partial charge in [-0.15, -0.1) is 11.3 Å². The van der Waals surface area contributed by atoms with Gasteiger partial charge in [0.2, 0.25) is 0 Å². The first-order valence-corrected chi connectivity index (χ1v) is 6.76. The molecule has 0 amide bonds. The lowest BCUT2D eigenvalue weighted by atomic mass is 10.1. The summed E-state index contributed by atoms with van der Waals surface area (Å²) < 4.78 is 1.87. The monoisotopic (exact) mass is 258 g/mol. The van der Waals surface area contributed by atoms with Crippen molar-refractivity contribution < 1.29 is 5.11 Å². The molecule has 0 bridgehead atoms. The molecule has 4 heteroatoms. The molecule has 1 unspecified atom stereocenters. The number of hydrogen-bond acceptors (Lipinski definition) is 3. The SMILES string of the molecule is Cn1nc(CC(O)c2cccs2)c2ccccc21. The fraction of sp³-hybridized carbons (Fsp3) is 0.214. The number of nitrogens with zero attached hydrogens (tertiary/aromatic N) is 2. The summed E-state index contributed by atoms with van der Waals surface area (Å²) in [6, 6.07) is 12.0. The topological polar surface area (TPSA) is 38.0 Å². The zero-order valence-electron chi connectivity index (χ0n) is 10.1. The van der Waals surface area contributed by atoms with Gasteiger partial charge in [0.05, 0.1) is 17.3 Å².